The summed E-state index contributed by atoms with van der Waals surface area (Å²) in [6, 6.07) is 2.44. The van der Waals surface area contributed by atoms with Crippen LogP contribution in [0.3, 0.4) is 0 Å². The fourth-order valence-corrected chi connectivity index (χ4v) is 1.75. The zero-order valence-electron chi connectivity index (χ0n) is 8.09. The van der Waals surface area contributed by atoms with Gasteiger partial charge in [-0.05, 0) is 36.5 Å². The van der Waals surface area contributed by atoms with Gasteiger partial charge in [-0.1, -0.05) is 5.92 Å². The number of benzene rings is 1. The summed E-state index contributed by atoms with van der Waals surface area (Å²) < 4.78 is 13.1. The molecule has 0 aliphatic heterocycles. The summed E-state index contributed by atoms with van der Waals surface area (Å²) in [6.45, 7) is 0. The minimum absolute atomic E-state index is 0.227. The topological polar surface area (TPSA) is 43.1 Å². The molecule has 76 valence electrons. The Hall–Kier alpha value is -1.82. The van der Waals surface area contributed by atoms with Gasteiger partial charge in [-0.2, -0.15) is 0 Å². The number of primary amides is 1. The summed E-state index contributed by atoms with van der Waals surface area (Å²) in [6.07, 6.45) is 7.26. The predicted octanol–water partition coefficient (Wildman–Crippen LogP) is 1.78. The van der Waals surface area contributed by atoms with Crippen molar-refractivity contribution in [2.45, 2.75) is 18.8 Å². The number of carbonyl (C=O) groups is 1. The molecule has 1 aromatic rings. The predicted molar refractivity (Wildman–Crippen MR) is 54.8 cm³/mol. The number of carbonyl (C=O) groups excluding carboxylic acids is 1. The number of terminal acetylenes is 1. The Kier molecular flexibility index (Phi) is 2.20. The summed E-state index contributed by atoms with van der Waals surface area (Å²) >= 11 is 0. The van der Waals surface area contributed by atoms with Gasteiger partial charge in [0.15, 0.2) is 0 Å². The van der Waals surface area contributed by atoms with E-state index in [2.05, 4.69) is 5.92 Å². The van der Waals surface area contributed by atoms with E-state index in [9.17, 15) is 9.18 Å². The standard InChI is InChI=1S/C12H10FNO/c1-2-7-5-9(13)6-10(12(14)15)11(7)8-3-4-8/h1,5-6,8H,3-4H2,(H2,14,15). The van der Waals surface area contributed by atoms with Crippen molar-refractivity contribution in [2.24, 2.45) is 5.73 Å². The van der Waals surface area contributed by atoms with Gasteiger partial charge in [0, 0.05) is 11.1 Å². The van der Waals surface area contributed by atoms with Crippen molar-refractivity contribution in [2.75, 3.05) is 0 Å². The molecule has 1 fully saturated rings. The SMILES string of the molecule is C#Cc1cc(F)cc(C(N)=O)c1C1CC1. The number of halogens is 1. The molecule has 0 spiro atoms. The quantitative estimate of drug-likeness (QED) is 0.731. The third-order valence-electron chi connectivity index (χ3n) is 2.55. The van der Waals surface area contributed by atoms with E-state index in [4.69, 9.17) is 12.2 Å². The zero-order chi connectivity index (χ0) is 11.0. The second-order valence-corrected chi connectivity index (χ2v) is 3.70. The van der Waals surface area contributed by atoms with Crippen LogP contribution in [0.2, 0.25) is 0 Å². The summed E-state index contributed by atoms with van der Waals surface area (Å²) in [5, 5.41) is 0. The molecule has 2 nitrogen and oxygen atoms in total. The Balaban J connectivity index is 2.65. The second kappa shape index (κ2) is 3.39. The minimum atomic E-state index is -0.618. The first-order valence-electron chi connectivity index (χ1n) is 4.73. The van der Waals surface area contributed by atoms with Crippen LogP contribution in [0.5, 0.6) is 0 Å². The first-order valence-corrected chi connectivity index (χ1v) is 4.73. The van der Waals surface area contributed by atoms with E-state index in [1.807, 2.05) is 0 Å². The molecule has 2 N–H and O–H groups in total. The van der Waals surface area contributed by atoms with E-state index in [0.717, 1.165) is 24.5 Å². The number of hydrogen-bond donors (Lipinski definition) is 1. The Bertz CT molecular complexity index is 469. The summed E-state index contributed by atoms with van der Waals surface area (Å²) in [5.74, 6) is 1.55. The van der Waals surface area contributed by atoms with Crippen LogP contribution in [0.1, 0.15) is 40.2 Å². The molecule has 0 aromatic heterocycles. The van der Waals surface area contributed by atoms with Crippen molar-refractivity contribution >= 4 is 5.91 Å². The van der Waals surface area contributed by atoms with Gasteiger partial charge < -0.3 is 5.73 Å². The number of rotatable bonds is 2. The molecule has 0 saturated heterocycles. The maximum atomic E-state index is 13.1. The van der Waals surface area contributed by atoms with Crippen LogP contribution < -0.4 is 5.73 Å². The van der Waals surface area contributed by atoms with Crippen molar-refractivity contribution in [1.82, 2.24) is 0 Å². The van der Waals surface area contributed by atoms with Crippen molar-refractivity contribution in [3.05, 3.63) is 34.6 Å². The highest BCUT2D eigenvalue weighted by molar-refractivity contribution is 5.95. The van der Waals surface area contributed by atoms with Gasteiger partial charge in [0.2, 0.25) is 5.91 Å². The highest BCUT2D eigenvalue weighted by Gasteiger charge is 2.30. The maximum Gasteiger partial charge on any atom is 0.249 e. The van der Waals surface area contributed by atoms with Gasteiger partial charge in [0.05, 0.1) is 0 Å². The molecule has 0 atom stereocenters. The van der Waals surface area contributed by atoms with Gasteiger partial charge in [-0.25, -0.2) is 4.39 Å². The lowest BCUT2D eigenvalue weighted by atomic mass is 9.96. The molecule has 0 unspecified atom stereocenters. The van der Waals surface area contributed by atoms with E-state index in [-0.39, 0.29) is 11.5 Å². The van der Waals surface area contributed by atoms with Crippen LogP contribution in [-0.2, 0) is 0 Å². The number of amides is 1. The minimum Gasteiger partial charge on any atom is -0.366 e. The smallest absolute Gasteiger partial charge is 0.249 e. The lowest BCUT2D eigenvalue weighted by molar-refractivity contribution is 0.0999. The van der Waals surface area contributed by atoms with Gasteiger partial charge in [0.25, 0.3) is 0 Å². The monoisotopic (exact) mass is 203 g/mol. The molecule has 15 heavy (non-hydrogen) atoms. The molecule has 2 rings (SSSR count). The normalized spacial score (nSPS) is 14.7. The molecule has 1 amide bonds. The van der Waals surface area contributed by atoms with Crippen molar-refractivity contribution < 1.29 is 9.18 Å². The molecule has 1 aliphatic rings. The molecular weight excluding hydrogens is 193 g/mol. The Morgan fingerprint density at radius 2 is 2.20 bits per heavy atom. The molecule has 3 heteroatoms. The maximum absolute atomic E-state index is 13.1. The third-order valence-corrected chi connectivity index (χ3v) is 2.55. The number of hydrogen-bond acceptors (Lipinski definition) is 1. The first kappa shape index (κ1) is 9.72. The summed E-state index contributed by atoms with van der Waals surface area (Å²) in [5.41, 5.74) is 6.62. The van der Waals surface area contributed by atoms with Gasteiger partial charge in [0.1, 0.15) is 5.82 Å². The molecule has 1 aliphatic carbocycles. The number of nitrogens with two attached hydrogens (primary N) is 1. The molecule has 1 saturated carbocycles. The summed E-state index contributed by atoms with van der Waals surface area (Å²) in [7, 11) is 0. The highest BCUT2D eigenvalue weighted by Crippen LogP contribution is 2.43. The van der Waals surface area contributed by atoms with Crippen molar-refractivity contribution in [3.8, 4) is 12.3 Å². The van der Waals surface area contributed by atoms with Gasteiger partial charge in [-0.15, -0.1) is 6.42 Å². The van der Waals surface area contributed by atoms with Crippen molar-refractivity contribution in [3.63, 3.8) is 0 Å². The Morgan fingerprint density at radius 3 is 2.67 bits per heavy atom. The van der Waals surface area contributed by atoms with E-state index in [1.54, 1.807) is 0 Å². The molecule has 0 radical (unpaired) electrons. The van der Waals surface area contributed by atoms with E-state index in [1.165, 1.54) is 6.07 Å². The molecule has 0 bridgehead atoms. The fourth-order valence-electron chi connectivity index (χ4n) is 1.75. The molecule has 1 aromatic carbocycles. The second-order valence-electron chi connectivity index (χ2n) is 3.70. The molecule has 0 heterocycles. The van der Waals surface area contributed by atoms with E-state index >= 15 is 0 Å². The van der Waals surface area contributed by atoms with Crippen LogP contribution in [-0.4, -0.2) is 5.91 Å². The van der Waals surface area contributed by atoms with Crippen LogP contribution >= 0.6 is 0 Å². The Labute approximate surface area is 87.3 Å². The van der Waals surface area contributed by atoms with E-state index < -0.39 is 11.7 Å². The lowest BCUT2D eigenvalue weighted by Crippen LogP contribution is -2.15. The average Bonchev–Trinajstić information content (AvgIpc) is 2.99. The van der Waals surface area contributed by atoms with Crippen LogP contribution in [0.4, 0.5) is 4.39 Å². The van der Waals surface area contributed by atoms with Gasteiger partial charge >= 0.3 is 0 Å². The fraction of sp³-hybridized carbons (Fsp3) is 0.250. The Morgan fingerprint density at radius 1 is 1.53 bits per heavy atom. The third kappa shape index (κ3) is 1.71. The highest BCUT2D eigenvalue weighted by atomic mass is 19.1. The van der Waals surface area contributed by atoms with Crippen LogP contribution in [0, 0.1) is 18.2 Å². The van der Waals surface area contributed by atoms with Gasteiger partial charge in [-0.3, -0.25) is 4.79 Å². The summed E-state index contributed by atoms with van der Waals surface area (Å²) in [4.78, 5) is 11.2. The van der Waals surface area contributed by atoms with Crippen LogP contribution in [0.25, 0.3) is 0 Å². The molecular formula is C12H10FNO. The lowest BCUT2D eigenvalue weighted by Gasteiger charge is -2.08. The van der Waals surface area contributed by atoms with Crippen LogP contribution in [0.15, 0.2) is 12.1 Å². The van der Waals surface area contributed by atoms with Crippen molar-refractivity contribution in [1.29, 1.82) is 0 Å². The average molecular weight is 203 g/mol. The van der Waals surface area contributed by atoms with E-state index in [0.29, 0.717) is 5.56 Å². The largest absolute Gasteiger partial charge is 0.366 e. The first-order chi connectivity index (χ1) is 7.13. The zero-order valence-corrected chi connectivity index (χ0v) is 8.09.